The van der Waals surface area contributed by atoms with E-state index in [1.54, 1.807) is 0 Å². The first-order valence-corrected chi connectivity index (χ1v) is 10.4. The molecule has 1 unspecified atom stereocenters. The van der Waals surface area contributed by atoms with Gasteiger partial charge in [-0.3, -0.25) is 4.79 Å². The van der Waals surface area contributed by atoms with Crippen molar-refractivity contribution in [1.82, 2.24) is 4.90 Å². The average molecular weight is 379 g/mol. The maximum Gasteiger partial charge on any atom is 0.254 e. The topological polar surface area (TPSA) is 43.8 Å². The van der Waals surface area contributed by atoms with Gasteiger partial charge in [-0.2, -0.15) is 0 Å². The predicted molar refractivity (Wildman–Crippen MR) is 113 cm³/mol. The van der Waals surface area contributed by atoms with Crippen molar-refractivity contribution in [2.24, 2.45) is 5.92 Å². The van der Waals surface area contributed by atoms with Gasteiger partial charge in [-0.25, -0.2) is 0 Å². The summed E-state index contributed by atoms with van der Waals surface area (Å²) in [7, 11) is 4.00. The maximum absolute atomic E-state index is 13.3. The highest BCUT2D eigenvalue weighted by molar-refractivity contribution is 5.95. The molecule has 3 atom stereocenters. The van der Waals surface area contributed by atoms with Gasteiger partial charge in [0.25, 0.3) is 5.91 Å². The number of benzene rings is 2. The van der Waals surface area contributed by atoms with Crippen LogP contribution in [0.5, 0.6) is 0 Å². The van der Waals surface area contributed by atoms with Gasteiger partial charge in [-0.1, -0.05) is 43.2 Å². The first-order chi connectivity index (χ1) is 13.5. The molecular formula is C24H30N2O2. The summed E-state index contributed by atoms with van der Waals surface area (Å²) in [5.41, 5.74) is 1.98. The zero-order valence-electron chi connectivity index (χ0n) is 16.8. The molecule has 0 aromatic heterocycles. The molecule has 1 aliphatic heterocycles. The molecule has 1 N–H and O–H groups in total. The summed E-state index contributed by atoms with van der Waals surface area (Å²) in [4.78, 5) is 17.4. The number of anilines is 1. The quantitative estimate of drug-likeness (QED) is 0.876. The number of amides is 1. The van der Waals surface area contributed by atoms with Gasteiger partial charge in [0.05, 0.1) is 5.60 Å². The SMILES string of the molecule is CN(C)c1ccc(C(=O)N2CCC(O)(c3ccccc3)[C@H]3CCCC[C@@H]32)cc1. The lowest BCUT2D eigenvalue weighted by Crippen LogP contribution is -2.58. The van der Waals surface area contributed by atoms with Crippen LogP contribution >= 0.6 is 0 Å². The summed E-state index contributed by atoms with van der Waals surface area (Å²) < 4.78 is 0. The van der Waals surface area contributed by atoms with Gasteiger partial charge in [-0.05, 0) is 49.1 Å². The van der Waals surface area contributed by atoms with Gasteiger partial charge in [0, 0.05) is 43.9 Å². The van der Waals surface area contributed by atoms with Crippen molar-refractivity contribution in [2.45, 2.75) is 43.7 Å². The Balaban J connectivity index is 1.61. The summed E-state index contributed by atoms with van der Waals surface area (Å²) in [6.07, 6.45) is 4.78. The third-order valence-electron chi connectivity index (χ3n) is 6.64. The van der Waals surface area contributed by atoms with E-state index in [9.17, 15) is 9.90 Å². The van der Waals surface area contributed by atoms with Crippen molar-refractivity contribution in [3.8, 4) is 0 Å². The lowest BCUT2D eigenvalue weighted by atomic mass is 9.66. The fourth-order valence-corrected chi connectivity index (χ4v) is 5.09. The minimum atomic E-state index is -0.835. The Labute approximate surface area is 167 Å². The molecule has 4 heteroatoms. The number of hydrogen-bond acceptors (Lipinski definition) is 3. The molecular weight excluding hydrogens is 348 g/mol. The van der Waals surface area contributed by atoms with E-state index in [1.807, 2.05) is 78.5 Å². The molecule has 4 rings (SSSR count). The standard InChI is InChI=1S/C24H30N2O2/c1-25(2)20-14-12-18(13-15-20)23(27)26-17-16-24(28,19-8-4-3-5-9-19)21-10-6-7-11-22(21)26/h3-5,8-9,12-15,21-22,28H,6-7,10-11,16-17H2,1-2H3/t21-,22-,24?/m0/s1. The third-order valence-corrected chi connectivity index (χ3v) is 6.64. The van der Waals surface area contributed by atoms with E-state index >= 15 is 0 Å². The number of carbonyl (C=O) groups is 1. The summed E-state index contributed by atoms with van der Waals surface area (Å²) in [6, 6.07) is 18.0. The molecule has 1 aliphatic carbocycles. The zero-order valence-corrected chi connectivity index (χ0v) is 16.8. The van der Waals surface area contributed by atoms with Gasteiger partial charge < -0.3 is 14.9 Å². The molecule has 1 saturated heterocycles. The number of likely N-dealkylation sites (tertiary alicyclic amines) is 1. The molecule has 148 valence electrons. The Morgan fingerprint density at radius 3 is 2.39 bits per heavy atom. The Morgan fingerprint density at radius 2 is 1.71 bits per heavy atom. The van der Waals surface area contributed by atoms with Crippen molar-refractivity contribution < 1.29 is 9.90 Å². The fraction of sp³-hybridized carbons (Fsp3) is 0.458. The number of piperidine rings is 1. The van der Waals surface area contributed by atoms with Gasteiger partial charge in [0.15, 0.2) is 0 Å². The normalized spacial score (nSPS) is 27.2. The molecule has 2 aromatic carbocycles. The third kappa shape index (κ3) is 3.30. The van der Waals surface area contributed by atoms with E-state index in [1.165, 1.54) is 0 Å². The predicted octanol–water partition coefficient (Wildman–Crippen LogP) is 4.05. The van der Waals surface area contributed by atoms with Crippen molar-refractivity contribution in [1.29, 1.82) is 0 Å². The van der Waals surface area contributed by atoms with E-state index in [0.717, 1.165) is 42.5 Å². The van der Waals surface area contributed by atoms with Gasteiger partial charge in [0.1, 0.15) is 0 Å². The van der Waals surface area contributed by atoms with Gasteiger partial charge in [-0.15, -0.1) is 0 Å². The maximum atomic E-state index is 13.3. The Hall–Kier alpha value is -2.33. The molecule has 2 fully saturated rings. The van der Waals surface area contributed by atoms with Crippen molar-refractivity contribution in [3.63, 3.8) is 0 Å². The second kappa shape index (κ2) is 7.59. The summed E-state index contributed by atoms with van der Waals surface area (Å²) in [5.74, 6) is 0.194. The first kappa shape index (κ1) is 19.0. The van der Waals surface area contributed by atoms with Crippen LogP contribution in [0, 0.1) is 5.92 Å². The molecule has 2 aliphatic rings. The summed E-state index contributed by atoms with van der Waals surface area (Å²) in [5, 5.41) is 11.7. The highest BCUT2D eigenvalue weighted by Gasteiger charge is 2.50. The summed E-state index contributed by atoms with van der Waals surface area (Å²) in [6.45, 7) is 0.598. The van der Waals surface area contributed by atoms with E-state index < -0.39 is 5.60 Å². The molecule has 0 spiro atoms. The zero-order chi connectivity index (χ0) is 19.7. The largest absolute Gasteiger partial charge is 0.385 e. The number of aliphatic hydroxyl groups is 1. The highest BCUT2D eigenvalue weighted by Crippen LogP contribution is 2.47. The van der Waals surface area contributed by atoms with Crippen LogP contribution in [0.2, 0.25) is 0 Å². The number of rotatable bonds is 3. The van der Waals surface area contributed by atoms with Crippen molar-refractivity contribution >= 4 is 11.6 Å². The van der Waals surface area contributed by atoms with Gasteiger partial charge in [0.2, 0.25) is 0 Å². The van der Waals surface area contributed by atoms with Crippen molar-refractivity contribution in [2.75, 3.05) is 25.5 Å². The minimum Gasteiger partial charge on any atom is -0.385 e. The molecule has 0 bridgehead atoms. The second-order valence-corrected chi connectivity index (χ2v) is 8.44. The number of carbonyl (C=O) groups excluding carboxylic acids is 1. The van der Waals surface area contributed by atoms with Crippen molar-refractivity contribution in [3.05, 3.63) is 65.7 Å². The monoisotopic (exact) mass is 378 g/mol. The van der Waals surface area contributed by atoms with Crippen LogP contribution in [0.1, 0.15) is 48.0 Å². The van der Waals surface area contributed by atoms with Crippen LogP contribution in [0.4, 0.5) is 5.69 Å². The van der Waals surface area contributed by atoms with Crippen LogP contribution in [0.3, 0.4) is 0 Å². The molecule has 1 amide bonds. The first-order valence-electron chi connectivity index (χ1n) is 10.4. The summed E-state index contributed by atoms with van der Waals surface area (Å²) >= 11 is 0. The minimum absolute atomic E-state index is 0.0947. The molecule has 1 saturated carbocycles. The smallest absolute Gasteiger partial charge is 0.254 e. The van der Waals surface area contributed by atoms with Crippen LogP contribution < -0.4 is 4.90 Å². The number of nitrogens with zero attached hydrogens (tertiary/aromatic N) is 2. The Bertz CT molecular complexity index is 818. The van der Waals surface area contributed by atoms with Crippen LogP contribution in [0.15, 0.2) is 54.6 Å². The average Bonchev–Trinajstić information content (AvgIpc) is 2.74. The fourth-order valence-electron chi connectivity index (χ4n) is 5.09. The van der Waals surface area contributed by atoms with E-state index in [0.29, 0.717) is 13.0 Å². The Morgan fingerprint density at radius 1 is 1.04 bits per heavy atom. The lowest BCUT2D eigenvalue weighted by molar-refractivity contribution is -0.110. The molecule has 2 aromatic rings. The number of fused-ring (bicyclic) bond motifs is 1. The van der Waals surface area contributed by atoms with Crippen LogP contribution in [-0.2, 0) is 5.60 Å². The van der Waals surface area contributed by atoms with Gasteiger partial charge >= 0.3 is 0 Å². The number of hydrogen-bond donors (Lipinski definition) is 1. The lowest BCUT2D eigenvalue weighted by Gasteiger charge is -2.52. The van der Waals surface area contributed by atoms with E-state index in [4.69, 9.17) is 0 Å². The molecule has 28 heavy (non-hydrogen) atoms. The molecule has 0 radical (unpaired) electrons. The van der Waals surface area contributed by atoms with E-state index in [-0.39, 0.29) is 17.9 Å². The van der Waals surface area contributed by atoms with E-state index in [2.05, 4.69) is 0 Å². The van der Waals surface area contributed by atoms with Crippen LogP contribution in [-0.4, -0.2) is 42.6 Å². The second-order valence-electron chi connectivity index (χ2n) is 8.44. The molecule has 1 heterocycles. The molecule has 4 nitrogen and oxygen atoms in total. The Kier molecular flexibility index (Phi) is 5.15. The van der Waals surface area contributed by atoms with Crippen LogP contribution in [0.25, 0.3) is 0 Å². The highest BCUT2D eigenvalue weighted by atomic mass is 16.3.